The quantitative estimate of drug-likeness (QED) is 0.728. The first kappa shape index (κ1) is 13.8. The number of hydrogen-bond donors (Lipinski definition) is 2. The molecule has 2 aliphatic heterocycles. The molecule has 20 heavy (non-hydrogen) atoms. The number of carbonyl (C=O) groups is 2. The Hall–Kier alpha value is -1.14. The lowest BCUT2D eigenvalue weighted by molar-refractivity contribution is -0.142. The SMILES string of the molecule is CNC1COCC1C(=O)N1CCCC1C(=O)NC1CC1. The highest BCUT2D eigenvalue weighted by atomic mass is 16.5. The monoisotopic (exact) mass is 281 g/mol. The predicted molar refractivity (Wildman–Crippen MR) is 73.1 cm³/mol. The second-order valence-corrected chi connectivity index (χ2v) is 6.01. The summed E-state index contributed by atoms with van der Waals surface area (Å²) in [6.45, 7) is 1.71. The normalized spacial score (nSPS) is 33.5. The molecular formula is C14H23N3O3. The maximum absolute atomic E-state index is 12.7. The number of rotatable bonds is 4. The molecule has 6 heteroatoms. The molecule has 1 aliphatic carbocycles. The van der Waals surface area contributed by atoms with Crippen LogP contribution in [0.3, 0.4) is 0 Å². The molecule has 2 N–H and O–H groups in total. The van der Waals surface area contributed by atoms with E-state index in [0.717, 1.165) is 25.7 Å². The zero-order valence-electron chi connectivity index (χ0n) is 11.9. The summed E-state index contributed by atoms with van der Waals surface area (Å²) in [6.07, 6.45) is 3.84. The number of carbonyl (C=O) groups excluding carboxylic acids is 2. The lowest BCUT2D eigenvalue weighted by Crippen LogP contribution is -2.51. The Morgan fingerprint density at radius 3 is 2.70 bits per heavy atom. The molecule has 0 aromatic heterocycles. The van der Waals surface area contributed by atoms with Crippen LogP contribution in [0.15, 0.2) is 0 Å². The van der Waals surface area contributed by atoms with Crippen LogP contribution in [0.25, 0.3) is 0 Å². The van der Waals surface area contributed by atoms with E-state index in [1.165, 1.54) is 0 Å². The summed E-state index contributed by atoms with van der Waals surface area (Å²) in [4.78, 5) is 26.6. The third-order valence-electron chi connectivity index (χ3n) is 4.53. The largest absolute Gasteiger partial charge is 0.379 e. The second kappa shape index (κ2) is 5.69. The average molecular weight is 281 g/mol. The van der Waals surface area contributed by atoms with E-state index in [2.05, 4.69) is 10.6 Å². The van der Waals surface area contributed by atoms with E-state index in [0.29, 0.717) is 25.8 Å². The lowest BCUT2D eigenvalue weighted by Gasteiger charge is -2.28. The fourth-order valence-corrected chi connectivity index (χ4v) is 3.12. The van der Waals surface area contributed by atoms with Crippen molar-refractivity contribution < 1.29 is 14.3 Å². The van der Waals surface area contributed by atoms with Crippen molar-refractivity contribution in [2.45, 2.75) is 43.8 Å². The first-order chi connectivity index (χ1) is 9.70. The van der Waals surface area contributed by atoms with E-state index in [1.54, 1.807) is 4.90 Å². The Kier molecular flexibility index (Phi) is 3.94. The molecule has 0 aromatic rings. The van der Waals surface area contributed by atoms with Crippen LogP contribution < -0.4 is 10.6 Å². The highest BCUT2D eigenvalue weighted by molar-refractivity contribution is 5.89. The number of likely N-dealkylation sites (tertiary alicyclic amines) is 1. The molecule has 0 aromatic carbocycles. The van der Waals surface area contributed by atoms with Crippen LogP contribution in [-0.4, -0.2) is 61.6 Å². The Morgan fingerprint density at radius 2 is 2.00 bits per heavy atom. The maximum atomic E-state index is 12.7. The number of likely N-dealkylation sites (N-methyl/N-ethyl adjacent to an activating group) is 1. The molecule has 6 nitrogen and oxygen atoms in total. The summed E-state index contributed by atoms with van der Waals surface area (Å²) < 4.78 is 5.40. The fourth-order valence-electron chi connectivity index (χ4n) is 3.12. The van der Waals surface area contributed by atoms with E-state index in [9.17, 15) is 9.59 Å². The van der Waals surface area contributed by atoms with E-state index in [4.69, 9.17) is 4.74 Å². The van der Waals surface area contributed by atoms with Gasteiger partial charge in [-0.15, -0.1) is 0 Å². The van der Waals surface area contributed by atoms with Gasteiger partial charge in [-0.25, -0.2) is 0 Å². The topological polar surface area (TPSA) is 70.7 Å². The van der Waals surface area contributed by atoms with Crippen LogP contribution in [0.4, 0.5) is 0 Å². The van der Waals surface area contributed by atoms with Crippen molar-refractivity contribution in [2.24, 2.45) is 5.92 Å². The Labute approximate surface area is 119 Å². The van der Waals surface area contributed by atoms with Gasteiger partial charge in [-0.1, -0.05) is 0 Å². The van der Waals surface area contributed by atoms with Gasteiger partial charge in [-0.05, 0) is 32.7 Å². The molecule has 3 aliphatic rings. The summed E-state index contributed by atoms with van der Waals surface area (Å²) in [5, 5.41) is 6.15. The van der Waals surface area contributed by atoms with E-state index < -0.39 is 0 Å². The van der Waals surface area contributed by atoms with Gasteiger partial charge in [0.2, 0.25) is 11.8 Å². The molecule has 3 fully saturated rings. The molecule has 2 amide bonds. The Morgan fingerprint density at radius 1 is 1.20 bits per heavy atom. The average Bonchev–Trinajstić information content (AvgIpc) is 2.99. The Balaban J connectivity index is 1.64. The van der Waals surface area contributed by atoms with Crippen LogP contribution in [-0.2, 0) is 14.3 Å². The van der Waals surface area contributed by atoms with E-state index >= 15 is 0 Å². The smallest absolute Gasteiger partial charge is 0.243 e. The van der Waals surface area contributed by atoms with Gasteiger partial charge in [0.1, 0.15) is 6.04 Å². The highest BCUT2D eigenvalue weighted by Gasteiger charge is 2.42. The Bertz CT molecular complexity index is 397. The standard InChI is InChI=1S/C14H23N3O3/c1-15-11-8-20-7-10(11)14(19)17-6-2-3-12(17)13(18)16-9-4-5-9/h9-12,15H,2-8H2,1H3,(H,16,18). The van der Waals surface area contributed by atoms with Gasteiger partial charge in [0.05, 0.1) is 19.1 Å². The van der Waals surface area contributed by atoms with Crippen molar-refractivity contribution >= 4 is 11.8 Å². The minimum atomic E-state index is -0.277. The minimum absolute atomic E-state index is 0.0262. The molecular weight excluding hydrogens is 258 g/mol. The minimum Gasteiger partial charge on any atom is -0.379 e. The summed E-state index contributed by atoms with van der Waals surface area (Å²) in [7, 11) is 1.85. The third-order valence-corrected chi connectivity index (χ3v) is 4.53. The van der Waals surface area contributed by atoms with Gasteiger partial charge in [0, 0.05) is 18.6 Å². The first-order valence-electron chi connectivity index (χ1n) is 7.56. The van der Waals surface area contributed by atoms with Gasteiger partial charge in [0.25, 0.3) is 0 Å². The summed E-state index contributed by atoms with van der Waals surface area (Å²) in [6, 6.07) is 0.136. The molecule has 1 saturated carbocycles. The van der Waals surface area contributed by atoms with Crippen LogP contribution in [0.2, 0.25) is 0 Å². The van der Waals surface area contributed by atoms with Crippen molar-refractivity contribution in [3.05, 3.63) is 0 Å². The molecule has 112 valence electrons. The van der Waals surface area contributed by atoms with E-state index in [-0.39, 0.29) is 29.8 Å². The second-order valence-electron chi connectivity index (χ2n) is 6.01. The number of nitrogens with one attached hydrogen (secondary N) is 2. The lowest BCUT2D eigenvalue weighted by atomic mass is 10.0. The number of nitrogens with zero attached hydrogens (tertiary/aromatic N) is 1. The van der Waals surface area contributed by atoms with Gasteiger partial charge in [-0.2, -0.15) is 0 Å². The molecule has 3 unspecified atom stereocenters. The van der Waals surface area contributed by atoms with Crippen LogP contribution >= 0.6 is 0 Å². The zero-order valence-corrected chi connectivity index (χ0v) is 11.9. The van der Waals surface area contributed by atoms with Crippen LogP contribution in [0.1, 0.15) is 25.7 Å². The molecule has 3 rings (SSSR count). The molecule has 2 saturated heterocycles. The summed E-state index contributed by atoms with van der Waals surface area (Å²) in [5.41, 5.74) is 0. The van der Waals surface area contributed by atoms with Gasteiger partial charge < -0.3 is 20.3 Å². The predicted octanol–water partition coefficient (Wildman–Crippen LogP) is -0.510. The zero-order chi connectivity index (χ0) is 14.1. The van der Waals surface area contributed by atoms with Crippen LogP contribution in [0, 0.1) is 5.92 Å². The fraction of sp³-hybridized carbons (Fsp3) is 0.857. The molecule has 3 atom stereocenters. The van der Waals surface area contributed by atoms with E-state index in [1.807, 2.05) is 7.05 Å². The van der Waals surface area contributed by atoms with Gasteiger partial charge in [-0.3, -0.25) is 9.59 Å². The molecule has 0 radical (unpaired) electrons. The third kappa shape index (κ3) is 2.67. The summed E-state index contributed by atoms with van der Waals surface area (Å²) >= 11 is 0. The molecule has 0 bridgehead atoms. The maximum Gasteiger partial charge on any atom is 0.243 e. The number of amides is 2. The van der Waals surface area contributed by atoms with Crippen molar-refractivity contribution in [2.75, 3.05) is 26.8 Å². The number of ether oxygens (including phenoxy) is 1. The van der Waals surface area contributed by atoms with Gasteiger partial charge in [0.15, 0.2) is 0 Å². The molecule has 2 heterocycles. The number of hydrogen-bond acceptors (Lipinski definition) is 4. The van der Waals surface area contributed by atoms with Gasteiger partial charge >= 0.3 is 0 Å². The van der Waals surface area contributed by atoms with Crippen molar-refractivity contribution in [3.63, 3.8) is 0 Å². The van der Waals surface area contributed by atoms with Crippen molar-refractivity contribution in [3.8, 4) is 0 Å². The summed E-state index contributed by atoms with van der Waals surface area (Å²) in [5.74, 6) is -0.0668. The van der Waals surface area contributed by atoms with Crippen LogP contribution in [0.5, 0.6) is 0 Å². The van der Waals surface area contributed by atoms with Crippen molar-refractivity contribution in [1.82, 2.24) is 15.5 Å². The highest BCUT2D eigenvalue weighted by Crippen LogP contribution is 2.25. The first-order valence-corrected chi connectivity index (χ1v) is 7.56. The van der Waals surface area contributed by atoms with Crippen molar-refractivity contribution in [1.29, 1.82) is 0 Å². The molecule has 0 spiro atoms.